The van der Waals surface area contributed by atoms with Crippen LogP contribution in [0.1, 0.15) is 34.9 Å². The van der Waals surface area contributed by atoms with E-state index < -0.39 is 0 Å². The van der Waals surface area contributed by atoms with Gasteiger partial charge in [-0.1, -0.05) is 17.7 Å². The van der Waals surface area contributed by atoms with Crippen LogP contribution in [0.5, 0.6) is 0 Å². The number of fused-ring (bicyclic) bond motifs is 1. The second kappa shape index (κ2) is 5.68. The molecule has 0 amide bonds. The molecule has 1 aromatic carbocycles. The third-order valence-electron chi connectivity index (χ3n) is 3.82. The number of nitrogens with one attached hydrogen (secondary N) is 1. The van der Waals surface area contributed by atoms with Gasteiger partial charge in [0.05, 0.1) is 5.69 Å². The third-order valence-corrected chi connectivity index (χ3v) is 4.79. The van der Waals surface area contributed by atoms with Gasteiger partial charge in [0.2, 0.25) is 0 Å². The molecule has 1 aromatic heterocycles. The molecule has 0 fully saturated rings. The highest BCUT2D eigenvalue weighted by molar-refractivity contribution is 7.98. The largest absolute Gasteiger partial charge is 0.370 e. The molecule has 4 heteroatoms. The van der Waals surface area contributed by atoms with E-state index in [0.717, 1.165) is 29.7 Å². The van der Waals surface area contributed by atoms with Crippen molar-refractivity contribution in [3.63, 3.8) is 0 Å². The molecule has 110 valence electrons. The molecule has 1 aliphatic heterocycles. The van der Waals surface area contributed by atoms with Crippen LogP contribution >= 0.6 is 11.8 Å². The van der Waals surface area contributed by atoms with Crippen molar-refractivity contribution in [1.29, 1.82) is 0 Å². The quantitative estimate of drug-likeness (QED) is 0.919. The summed E-state index contributed by atoms with van der Waals surface area (Å²) in [4.78, 5) is 9.67. The Morgan fingerprint density at radius 1 is 1.10 bits per heavy atom. The van der Waals surface area contributed by atoms with Gasteiger partial charge in [-0.3, -0.25) is 0 Å². The van der Waals surface area contributed by atoms with Crippen LogP contribution in [0.4, 0.5) is 5.82 Å². The zero-order valence-corrected chi connectivity index (χ0v) is 13.9. The Balaban J connectivity index is 2.18. The number of rotatable bonds is 3. The average Bonchev–Trinajstić information content (AvgIpc) is 2.86. The molecule has 1 N–H and O–H groups in total. The molecule has 0 aliphatic carbocycles. The van der Waals surface area contributed by atoms with Crippen molar-refractivity contribution in [3.05, 3.63) is 40.1 Å². The zero-order valence-electron chi connectivity index (χ0n) is 13.1. The Bertz CT molecular complexity index is 672. The van der Waals surface area contributed by atoms with Gasteiger partial charge in [-0.05, 0) is 38.8 Å². The monoisotopic (exact) mass is 299 g/mol. The summed E-state index contributed by atoms with van der Waals surface area (Å²) in [5.41, 5.74) is 7.45. The maximum absolute atomic E-state index is 4.85. The normalized spacial score (nSPS) is 13.3. The highest BCUT2D eigenvalue weighted by Gasteiger charge is 2.21. The van der Waals surface area contributed by atoms with Gasteiger partial charge in [-0.25, -0.2) is 9.97 Å². The summed E-state index contributed by atoms with van der Waals surface area (Å²) in [7, 11) is 0. The molecule has 0 saturated heterocycles. The fraction of sp³-hybridized carbons (Fsp3) is 0.412. The molecule has 0 radical (unpaired) electrons. The van der Waals surface area contributed by atoms with E-state index in [2.05, 4.69) is 45.1 Å². The first kappa shape index (κ1) is 14.4. The molecule has 3 nitrogen and oxygen atoms in total. The molecule has 2 aromatic rings. The number of aryl methyl sites for hydroxylation is 3. The zero-order chi connectivity index (χ0) is 15.0. The first-order valence-electron chi connectivity index (χ1n) is 7.39. The van der Waals surface area contributed by atoms with E-state index in [-0.39, 0.29) is 0 Å². The van der Waals surface area contributed by atoms with E-state index in [1.165, 1.54) is 33.5 Å². The predicted octanol–water partition coefficient (Wildman–Crippen LogP) is 4.25. The number of anilines is 1. The fourth-order valence-corrected chi connectivity index (χ4v) is 4.05. The van der Waals surface area contributed by atoms with Crippen molar-refractivity contribution >= 4 is 17.6 Å². The van der Waals surface area contributed by atoms with Crippen LogP contribution in [0.15, 0.2) is 12.1 Å². The average molecular weight is 299 g/mol. The molecule has 0 saturated carbocycles. The van der Waals surface area contributed by atoms with E-state index >= 15 is 0 Å². The number of aromatic nitrogens is 2. The van der Waals surface area contributed by atoms with Crippen LogP contribution in [0, 0.1) is 20.8 Å². The molecule has 0 atom stereocenters. The van der Waals surface area contributed by atoms with Crippen LogP contribution in [-0.4, -0.2) is 16.5 Å². The Morgan fingerprint density at radius 3 is 2.48 bits per heavy atom. The lowest BCUT2D eigenvalue weighted by molar-refractivity contribution is 1.04. The van der Waals surface area contributed by atoms with Crippen LogP contribution in [0.3, 0.4) is 0 Å². The summed E-state index contributed by atoms with van der Waals surface area (Å²) in [6, 6.07) is 4.42. The topological polar surface area (TPSA) is 37.8 Å². The van der Waals surface area contributed by atoms with Crippen LogP contribution < -0.4 is 5.32 Å². The maximum atomic E-state index is 4.85. The lowest BCUT2D eigenvalue weighted by Crippen LogP contribution is -2.07. The number of benzene rings is 1. The smallest absolute Gasteiger partial charge is 0.162 e. The molecule has 0 bridgehead atoms. The molecule has 1 aliphatic rings. The standard InChI is InChI=1S/C17H21N3S/c1-5-18-16-13-8-21-9-14(13)19-17(20-16)15-11(3)6-10(2)7-12(15)4/h6-7H,5,8-9H2,1-4H3,(H,18,19,20). The van der Waals surface area contributed by atoms with Crippen molar-refractivity contribution in [3.8, 4) is 11.4 Å². The summed E-state index contributed by atoms with van der Waals surface area (Å²) >= 11 is 1.92. The van der Waals surface area contributed by atoms with E-state index in [0.29, 0.717) is 0 Å². The van der Waals surface area contributed by atoms with Crippen LogP contribution in [0.2, 0.25) is 0 Å². The second-order valence-corrected chi connectivity index (χ2v) is 6.60. The number of hydrogen-bond donors (Lipinski definition) is 1. The summed E-state index contributed by atoms with van der Waals surface area (Å²) < 4.78 is 0. The van der Waals surface area contributed by atoms with Gasteiger partial charge in [0.15, 0.2) is 5.82 Å². The van der Waals surface area contributed by atoms with Crippen molar-refractivity contribution in [2.75, 3.05) is 11.9 Å². The van der Waals surface area contributed by atoms with E-state index in [1.807, 2.05) is 11.8 Å². The SMILES string of the molecule is CCNc1nc(-c2c(C)cc(C)cc2C)nc2c1CSC2. The fourth-order valence-electron chi connectivity index (χ4n) is 3.01. The van der Waals surface area contributed by atoms with Crippen molar-refractivity contribution in [2.24, 2.45) is 0 Å². The van der Waals surface area contributed by atoms with Crippen molar-refractivity contribution in [1.82, 2.24) is 9.97 Å². The van der Waals surface area contributed by atoms with Gasteiger partial charge in [0, 0.05) is 29.2 Å². The molecule has 0 unspecified atom stereocenters. The predicted molar refractivity (Wildman–Crippen MR) is 90.8 cm³/mol. The molecule has 3 rings (SSSR count). The highest BCUT2D eigenvalue weighted by atomic mass is 32.2. The van der Waals surface area contributed by atoms with Crippen LogP contribution in [-0.2, 0) is 11.5 Å². The summed E-state index contributed by atoms with van der Waals surface area (Å²) in [6.07, 6.45) is 0. The Hall–Kier alpha value is -1.55. The summed E-state index contributed by atoms with van der Waals surface area (Å²) in [5.74, 6) is 3.89. The number of thioether (sulfide) groups is 1. The summed E-state index contributed by atoms with van der Waals surface area (Å²) in [5, 5.41) is 3.40. The number of nitrogens with zero attached hydrogens (tertiary/aromatic N) is 2. The molecule has 0 spiro atoms. The van der Waals surface area contributed by atoms with Gasteiger partial charge < -0.3 is 5.32 Å². The minimum absolute atomic E-state index is 0.863. The van der Waals surface area contributed by atoms with Gasteiger partial charge in [-0.2, -0.15) is 11.8 Å². The molecular weight excluding hydrogens is 278 g/mol. The first-order chi connectivity index (χ1) is 10.1. The maximum Gasteiger partial charge on any atom is 0.162 e. The van der Waals surface area contributed by atoms with Crippen molar-refractivity contribution in [2.45, 2.75) is 39.2 Å². The van der Waals surface area contributed by atoms with E-state index in [9.17, 15) is 0 Å². The Morgan fingerprint density at radius 2 is 1.81 bits per heavy atom. The minimum Gasteiger partial charge on any atom is -0.370 e. The Kier molecular flexibility index (Phi) is 3.89. The van der Waals surface area contributed by atoms with Gasteiger partial charge in [-0.15, -0.1) is 0 Å². The third kappa shape index (κ3) is 2.64. The summed E-state index contributed by atoms with van der Waals surface area (Å²) in [6.45, 7) is 9.42. The van der Waals surface area contributed by atoms with Crippen LogP contribution in [0.25, 0.3) is 11.4 Å². The second-order valence-electron chi connectivity index (χ2n) is 5.62. The van der Waals surface area contributed by atoms with E-state index in [4.69, 9.17) is 9.97 Å². The Labute approximate surface area is 130 Å². The minimum atomic E-state index is 0.863. The lowest BCUT2D eigenvalue weighted by atomic mass is 9.99. The highest BCUT2D eigenvalue weighted by Crippen LogP contribution is 2.35. The van der Waals surface area contributed by atoms with Crippen molar-refractivity contribution < 1.29 is 0 Å². The molecule has 21 heavy (non-hydrogen) atoms. The van der Waals surface area contributed by atoms with E-state index in [1.54, 1.807) is 0 Å². The lowest BCUT2D eigenvalue weighted by Gasteiger charge is -2.14. The molecular formula is C17H21N3S. The first-order valence-corrected chi connectivity index (χ1v) is 8.55. The number of hydrogen-bond acceptors (Lipinski definition) is 4. The van der Waals surface area contributed by atoms with Gasteiger partial charge in [0.1, 0.15) is 5.82 Å². The van der Waals surface area contributed by atoms with Gasteiger partial charge in [0.25, 0.3) is 0 Å². The molecule has 2 heterocycles. The van der Waals surface area contributed by atoms with Gasteiger partial charge >= 0.3 is 0 Å².